The number of fused-ring (bicyclic) bond motifs is 1. The number of carbonyl (C=O) groups is 1. The maximum Gasteiger partial charge on any atom is 0.361 e. The summed E-state index contributed by atoms with van der Waals surface area (Å²) in [6, 6.07) is 14.6. The van der Waals surface area contributed by atoms with Crippen LogP contribution in [0, 0.1) is 25.2 Å². The second-order valence-corrected chi connectivity index (χ2v) is 10.3. The van der Waals surface area contributed by atoms with E-state index in [0.29, 0.717) is 52.3 Å². The van der Waals surface area contributed by atoms with Gasteiger partial charge in [-0.1, -0.05) is 17.3 Å². The van der Waals surface area contributed by atoms with E-state index in [2.05, 4.69) is 21.5 Å². The molecule has 0 radical (unpaired) electrons. The first-order valence-corrected chi connectivity index (χ1v) is 13.5. The van der Waals surface area contributed by atoms with E-state index in [9.17, 15) is 14.6 Å². The molecule has 4 rings (SSSR count). The van der Waals surface area contributed by atoms with Crippen molar-refractivity contribution in [2.24, 2.45) is 0 Å². The van der Waals surface area contributed by atoms with Gasteiger partial charge in [0.1, 0.15) is 11.3 Å². The van der Waals surface area contributed by atoms with Crippen molar-refractivity contribution in [2.45, 2.75) is 40.7 Å². The van der Waals surface area contributed by atoms with Crippen LogP contribution < -0.4 is 10.6 Å². The van der Waals surface area contributed by atoms with Gasteiger partial charge in [-0.25, -0.2) is 4.98 Å². The third-order valence-electron chi connectivity index (χ3n) is 5.84. The fraction of sp³-hybridized carbons (Fsp3) is 0.308. The summed E-state index contributed by atoms with van der Waals surface area (Å²) >= 11 is 0. The first kappa shape index (κ1) is 26.3. The molecule has 0 fully saturated rings. The normalized spacial score (nSPS) is 11.5. The van der Waals surface area contributed by atoms with Crippen LogP contribution in [-0.2, 0) is 26.6 Å². The second kappa shape index (κ2) is 11.1. The summed E-state index contributed by atoms with van der Waals surface area (Å²) in [6.45, 7) is 7.98. The summed E-state index contributed by atoms with van der Waals surface area (Å²) in [5, 5.41) is 16.5. The van der Waals surface area contributed by atoms with E-state index in [1.807, 2.05) is 22.8 Å². The molecule has 11 heteroatoms. The highest BCUT2D eigenvalue weighted by atomic mass is 31.2. The number of nitrogens with one attached hydrogen (secondary N) is 1. The molecule has 0 aliphatic carbocycles. The van der Waals surface area contributed by atoms with Gasteiger partial charge in [0.25, 0.3) is 5.91 Å². The van der Waals surface area contributed by atoms with Crippen LogP contribution in [0.15, 0.2) is 47.0 Å². The molecule has 10 nitrogen and oxygen atoms in total. The quantitative estimate of drug-likeness (QED) is 0.292. The van der Waals surface area contributed by atoms with Crippen molar-refractivity contribution in [1.29, 1.82) is 5.26 Å². The number of benzene rings is 2. The number of nitrogens with zero attached hydrogens (tertiary/aromatic N) is 4. The number of aryl methyl sites for hydroxylation is 4. The number of carbonyl (C=O) groups excluding carboxylic acids is 1. The van der Waals surface area contributed by atoms with Gasteiger partial charge in [-0.3, -0.25) is 14.7 Å². The first-order chi connectivity index (χ1) is 17.8. The molecule has 0 spiro atoms. The Labute approximate surface area is 214 Å². The molecule has 0 saturated carbocycles. The van der Waals surface area contributed by atoms with Crippen molar-refractivity contribution >= 4 is 35.8 Å². The molecule has 1 amide bonds. The maximum absolute atomic E-state index is 13.0. The lowest BCUT2D eigenvalue weighted by molar-refractivity contribution is 0.102. The van der Waals surface area contributed by atoms with Gasteiger partial charge in [-0.05, 0) is 70.0 Å². The number of rotatable bonds is 10. The van der Waals surface area contributed by atoms with Crippen LogP contribution in [0.25, 0.3) is 11.0 Å². The van der Waals surface area contributed by atoms with E-state index in [1.165, 1.54) is 0 Å². The third kappa shape index (κ3) is 5.49. The Balaban J connectivity index is 1.61. The SMILES string of the molecule is CCOP(=O)(OCC)c1ccc(CCn2c(NC(=O)c3c(C)noc3C)nc3cc(C#N)ccc32)cc1. The van der Waals surface area contributed by atoms with Crippen molar-refractivity contribution in [3.63, 3.8) is 0 Å². The molecule has 0 aliphatic heterocycles. The molecule has 0 bridgehead atoms. The molecule has 4 aromatic rings. The van der Waals surface area contributed by atoms with Crippen LogP contribution in [-0.4, -0.2) is 33.8 Å². The highest BCUT2D eigenvalue weighted by molar-refractivity contribution is 7.62. The van der Waals surface area contributed by atoms with E-state index < -0.39 is 7.60 Å². The zero-order valence-electron chi connectivity index (χ0n) is 21.1. The summed E-state index contributed by atoms with van der Waals surface area (Å²) < 4.78 is 30.9. The Morgan fingerprint density at radius 3 is 2.43 bits per heavy atom. The summed E-state index contributed by atoms with van der Waals surface area (Å²) in [5.74, 6) is 0.394. The summed E-state index contributed by atoms with van der Waals surface area (Å²) in [7, 11) is -3.36. The average molecular weight is 522 g/mol. The van der Waals surface area contributed by atoms with Crippen LogP contribution in [0.4, 0.5) is 5.95 Å². The number of hydrogen-bond donors (Lipinski definition) is 1. The minimum absolute atomic E-state index is 0.280. The molecule has 2 aromatic carbocycles. The van der Waals surface area contributed by atoms with Crippen molar-refractivity contribution in [3.05, 3.63) is 70.6 Å². The standard InChI is InChI=1S/C26H28N5O5P/c1-5-34-37(33,35-6-2)21-10-7-19(8-11-21)13-14-31-23-12-9-20(16-27)15-22(23)28-26(31)29-25(32)24-17(3)30-36-18(24)4/h7-12,15H,5-6,13-14H2,1-4H3,(H,28,29,32). The zero-order chi connectivity index (χ0) is 26.6. The molecular weight excluding hydrogens is 493 g/mol. The van der Waals surface area contributed by atoms with Crippen molar-refractivity contribution < 1.29 is 22.9 Å². The lowest BCUT2D eigenvalue weighted by atomic mass is 10.1. The molecule has 2 aromatic heterocycles. The summed E-state index contributed by atoms with van der Waals surface area (Å²) in [6.07, 6.45) is 0.605. The van der Waals surface area contributed by atoms with Gasteiger partial charge in [-0.15, -0.1) is 0 Å². The van der Waals surface area contributed by atoms with E-state index in [-0.39, 0.29) is 19.1 Å². The van der Waals surface area contributed by atoms with Gasteiger partial charge in [0, 0.05) is 6.54 Å². The van der Waals surface area contributed by atoms with Crippen LogP contribution in [0.3, 0.4) is 0 Å². The average Bonchev–Trinajstić information content (AvgIpc) is 3.40. The fourth-order valence-corrected chi connectivity index (χ4v) is 5.67. The smallest absolute Gasteiger partial charge is 0.361 e. The Bertz CT molecular complexity index is 1490. The largest absolute Gasteiger partial charge is 0.361 e. The minimum atomic E-state index is -3.36. The van der Waals surface area contributed by atoms with E-state index in [1.54, 1.807) is 52.0 Å². The molecule has 37 heavy (non-hydrogen) atoms. The Kier molecular flexibility index (Phi) is 7.89. The topological polar surface area (TPSA) is 132 Å². The number of anilines is 1. The molecule has 0 saturated heterocycles. The van der Waals surface area contributed by atoms with Gasteiger partial charge in [0.15, 0.2) is 0 Å². The van der Waals surface area contributed by atoms with Crippen LogP contribution in [0.1, 0.15) is 46.8 Å². The van der Waals surface area contributed by atoms with Crippen LogP contribution in [0.5, 0.6) is 0 Å². The van der Waals surface area contributed by atoms with Crippen molar-refractivity contribution in [3.8, 4) is 6.07 Å². The van der Waals surface area contributed by atoms with E-state index in [4.69, 9.17) is 13.6 Å². The third-order valence-corrected chi connectivity index (χ3v) is 7.96. The van der Waals surface area contributed by atoms with Crippen LogP contribution in [0.2, 0.25) is 0 Å². The Morgan fingerprint density at radius 1 is 1.14 bits per heavy atom. The molecular formula is C26H28N5O5P. The summed E-state index contributed by atoms with van der Waals surface area (Å²) in [4.78, 5) is 17.6. The predicted molar refractivity (Wildman–Crippen MR) is 139 cm³/mol. The summed E-state index contributed by atoms with van der Waals surface area (Å²) in [5.41, 5.74) is 3.69. The van der Waals surface area contributed by atoms with Crippen LogP contribution >= 0.6 is 7.60 Å². The van der Waals surface area contributed by atoms with Gasteiger partial charge >= 0.3 is 7.60 Å². The lowest BCUT2D eigenvalue weighted by Gasteiger charge is -2.17. The number of hydrogen-bond acceptors (Lipinski definition) is 8. The van der Waals surface area contributed by atoms with E-state index in [0.717, 1.165) is 11.1 Å². The number of amides is 1. The second-order valence-electron chi connectivity index (χ2n) is 8.31. The molecule has 2 heterocycles. The maximum atomic E-state index is 13.0. The van der Waals surface area contributed by atoms with Gasteiger partial charge in [-0.2, -0.15) is 5.26 Å². The molecule has 192 valence electrons. The van der Waals surface area contributed by atoms with Gasteiger partial charge < -0.3 is 18.1 Å². The molecule has 0 aliphatic rings. The Morgan fingerprint density at radius 2 is 1.84 bits per heavy atom. The molecule has 1 N–H and O–H groups in total. The Hall–Kier alpha value is -3.77. The van der Waals surface area contributed by atoms with Crippen molar-refractivity contribution in [1.82, 2.24) is 14.7 Å². The number of imidazole rings is 1. The first-order valence-electron chi connectivity index (χ1n) is 11.9. The van der Waals surface area contributed by atoms with E-state index >= 15 is 0 Å². The van der Waals surface area contributed by atoms with Gasteiger partial charge in [0.05, 0.1) is 46.9 Å². The number of aromatic nitrogens is 3. The highest BCUT2D eigenvalue weighted by Gasteiger charge is 2.26. The molecule has 0 atom stereocenters. The lowest BCUT2D eigenvalue weighted by Crippen LogP contribution is -2.18. The minimum Gasteiger partial charge on any atom is -0.361 e. The van der Waals surface area contributed by atoms with Crippen molar-refractivity contribution in [2.75, 3.05) is 18.5 Å². The monoisotopic (exact) mass is 521 g/mol. The predicted octanol–water partition coefficient (Wildman–Crippen LogP) is 4.90. The highest BCUT2D eigenvalue weighted by Crippen LogP contribution is 2.46. The molecule has 0 unspecified atom stereocenters. The fourth-order valence-electron chi connectivity index (χ4n) is 4.10. The van der Waals surface area contributed by atoms with Gasteiger partial charge in [0.2, 0.25) is 5.95 Å². The number of nitriles is 1. The zero-order valence-corrected chi connectivity index (χ0v) is 22.0.